The van der Waals surface area contributed by atoms with E-state index in [1.807, 2.05) is 0 Å². The summed E-state index contributed by atoms with van der Waals surface area (Å²) in [5, 5.41) is 13.1. The molecule has 0 bridgehead atoms. The molecule has 0 aliphatic carbocycles. The first kappa shape index (κ1) is 13.7. The van der Waals surface area contributed by atoms with Gasteiger partial charge in [0.15, 0.2) is 0 Å². The zero-order valence-electron chi connectivity index (χ0n) is 10.4. The molecule has 5 nitrogen and oxygen atoms in total. The molecule has 6 heteroatoms. The van der Waals surface area contributed by atoms with Gasteiger partial charge < -0.3 is 5.32 Å². The van der Waals surface area contributed by atoms with Crippen molar-refractivity contribution in [3.05, 3.63) is 75.6 Å². The van der Waals surface area contributed by atoms with Crippen LogP contribution in [0, 0.1) is 15.9 Å². The van der Waals surface area contributed by atoms with Gasteiger partial charge in [0.25, 0.3) is 11.6 Å². The molecule has 0 aliphatic rings. The topological polar surface area (TPSA) is 72.2 Å². The molecule has 0 heterocycles. The number of carbonyl (C=O) groups excluding carboxylic acids is 1. The van der Waals surface area contributed by atoms with Crippen molar-refractivity contribution in [3.8, 4) is 0 Å². The predicted molar refractivity (Wildman–Crippen MR) is 70.7 cm³/mol. The number of carbonyl (C=O) groups is 1. The molecule has 0 aliphatic heterocycles. The highest BCUT2D eigenvalue weighted by molar-refractivity contribution is 5.94. The molecular weight excluding hydrogens is 263 g/mol. The van der Waals surface area contributed by atoms with Crippen LogP contribution in [0.5, 0.6) is 0 Å². The molecule has 0 aromatic heterocycles. The summed E-state index contributed by atoms with van der Waals surface area (Å²) in [4.78, 5) is 21.8. The van der Waals surface area contributed by atoms with Crippen LogP contribution < -0.4 is 5.32 Å². The van der Waals surface area contributed by atoms with Crippen LogP contribution in [0.3, 0.4) is 0 Å². The van der Waals surface area contributed by atoms with E-state index in [1.165, 1.54) is 30.3 Å². The van der Waals surface area contributed by atoms with E-state index in [-0.39, 0.29) is 17.8 Å². The summed E-state index contributed by atoms with van der Waals surface area (Å²) in [6.07, 6.45) is 0. The third kappa shape index (κ3) is 3.17. The molecule has 0 atom stereocenters. The third-order valence-electron chi connectivity index (χ3n) is 2.72. The Labute approximate surface area is 114 Å². The summed E-state index contributed by atoms with van der Waals surface area (Å²) < 4.78 is 13.4. The second-order valence-corrected chi connectivity index (χ2v) is 4.09. The monoisotopic (exact) mass is 274 g/mol. The second kappa shape index (κ2) is 5.92. The maximum Gasteiger partial charge on any atom is 0.269 e. The first-order chi connectivity index (χ1) is 9.58. The number of hydrogen-bond acceptors (Lipinski definition) is 3. The average molecular weight is 274 g/mol. The van der Waals surface area contributed by atoms with Crippen molar-refractivity contribution < 1.29 is 14.1 Å². The molecule has 1 N–H and O–H groups in total. The number of non-ortho nitro benzene ring substituents is 1. The summed E-state index contributed by atoms with van der Waals surface area (Å²) in [5.74, 6) is -1.12. The van der Waals surface area contributed by atoms with Gasteiger partial charge in [-0.05, 0) is 17.7 Å². The third-order valence-corrected chi connectivity index (χ3v) is 2.72. The van der Waals surface area contributed by atoms with Crippen LogP contribution in [-0.4, -0.2) is 10.8 Å². The largest absolute Gasteiger partial charge is 0.348 e. The van der Waals surface area contributed by atoms with E-state index in [4.69, 9.17) is 0 Å². The number of nitrogens with zero attached hydrogens (tertiary/aromatic N) is 1. The van der Waals surface area contributed by atoms with Crippen LogP contribution in [-0.2, 0) is 6.54 Å². The maximum absolute atomic E-state index is 13.4. The molecular formula is C14H11FN2O3. The molecule has 20 heavy (non-hydrogen) atoms. The van der Waals surface area contributed by atoms with Crippen molar-refractivity contribution in [3.63, 3.8) is 0 Å². The predicted octanol–water partition coefficient (Wildman–Crippen LogP) is 2.66. The molecule has 0 fully saturated rings. The van der Waals surface area contributed by atoms with Crippen molar-refractivity contribution >= 4 is 11.6 Å². The van der Waals surface area contributed by atoms with E-state index in [0.717, 1.165) is 0 Å². The van der Waals surface area contributed by atoms with Gasteiger partial charge in [-0.2, -0.15) is 0 Å². The SMILES string of the molecule is O=C(NCc1ccc([N+](=O)[O-])cc1)c1ccccc1F. The first-order valence-corrected chi connectivity index (χ1v) is 5.84. The van der Waals surface area contributed by atoms with Gasteiger partial charge in [0.1, 0.15) is 5.82 Å². The number of nitro benzene ring substituents is 1. The summed E-state index contributed by atoms with van der Waals surface area (Å²) >= 11 is 0. The molecule has 0 radical (unpaired) electrons. The van der Waals surface area contributed by atoms with Gasteiger partial charge in [-0.1, -0.05) is 24.3 Å². The number of halogens is 1. The summed E-state index contributed by atoms with van der Waals surface area (Å²) in [6.45, 7) is 0.172. The van der Waals surface area contributed by atoms with E-state index in [9.17, 15) is 19.3 Å². The number of hydrogen-bond donors (Lipinski definition) is 1. The summed E-state index contributed by atoms with van der Waals surface area (Å²) in [6, 6.07) is 11.5. The lowest BCUT2D eigenvalue weighted by Gasteiger charge is -2.06. The van der Waals surface area contributed by atoms with E-state index in [1.54, 1.807) is 18.2 Å². The maximum atomic E-state index is 13.4. The second-order valence-electron chi connectivity index (χ2n) is 4.09. The van der Waals surface area contributed by atoms with Crippen LogP contribution in [0.15, 0.2) is 48.5 Å². The lowest BCUT2D eigenvalue weighted by atomic mass is 10.1. The number of rotatable bonds is 4. The van der Waals surface area contributed by atoms with Gasteiger partial charge in [-0.3, -0.25) is 14.9 Å². The van der Waals surface area contributed by atoms with Gasteiger partial charge in [0, 0.05) is 18.7 Å². The van der Waals surface area contributed by atoms with Crippen LogP contribution >= 0.6 is 0 Å². The van der Waals surface area contributed by atoms with Crippen LogP contribution in [0.4, 0.5) is 10.1 Å². The smallest absolute Gasteiger partial charge is 0.269 e. The Morgan fingerprint density at radius 3 is 2.40 bits per heavy atom. The quantitative estimate of drug-likeness (QED) is 0.688. The van der Waals surface area contributed by atoms with Crippen molar-refractivity contribution in [2.75, 3.05) is 0 Å². The Balaban J connectivity index is 2.00. The minimum Gasteiger partial charge on any atom is -0.348 e. The highest BCUT2D eigenvalue weighted by Gasteiger charge is 2.10. The number of nitrogens with one attached hydrogen (secondary N) is 1. The molecule has 2 rings (SSSR count). The normalized spacial score (nSPS) is 10.1. The minimum atomic E-state index is -0.589. The van der Waals surface area contributed by atoms with Gasteiger partial charge in [-0.25, -0.2) is 4.39 Å². The standard InChI is InChI=1S/C14H11FN2O3/c15-13-4-2-1-3-12(13)14(18)16-9-10-5-7-11(8-6-10)17(19)20/h1-8H,9H2,(H,16,18). The highest BCUT2D eigenvalue weighted by atomic mass is 19.1. The summed E-state index contributed by atoms with van der Waals surface area (Å²) in [7, 11) is 0. The zero-order chi connectivity index (χ0) is 14.5. The van der Waals surface area contributed by atoms with Gasteiger partial charge in [-0.15, -0.1) is 0 Å². The van der Waals surface area contributed by atoms with E-state index >= 15 is 0 Å². The van der Waals surface area contributed by atoms with Crippen LogP contribution in [0.2, 0.25) is 0 Å². The average Bonchev–Trinajstić information content (AvgIpc) is 2.45. The number of amides is 1. The Morgan fingerprint density at radius 2 is 1.80 bits per heavy atom. The fourth-order valence-corrected chi connectivity index (χ4v) is 1.66. The summed E-state index contributed by atoms with van der Waals surface area (Å²) in [5.41, 5.74) is 0.642. The fourth-order valence-electron chi connectivity index (χ4n) is 1.66. The lowest BCUT2D eigenvalue weighted by Crippen LogP contribution is -2.23. The molecule has 0 unspecified atom stereocenters. The van der Waals surface area contributed by atoms with E-state index < -0.39 is 16.6 Å². The zero-order valence-corrected chi connectivity index (χ0v) is 10.4. The molecule has 2 aromatic rings. The van der Waals surface area contributed by atoms with Crippen molar-refractivity contribution in [2.45, 2.75) is 6.54 Å². The first-order valence-electron chi connectivity index (χ1n) is 5.84. The molecule has 0 spiro atoms. The van der Waals surface area contributed by atoms with Gasteiger partial charge >= 0.3 is 0 Å². The minimum absolute atomic E-state index is 0.0193. The number of nitro groups is 1. The molecule has 102 valence electrons. The van der Waals surface area contributed by atoms with Crippen molar-refractivity contribution in [1.82, 2.24) is 5.32 Å². The Kier molecular flexibility index (Phi) is 4.05. The van der Waals surface area contributed by atoms with E-state index in [2.05, 4.69) is 5.32 Å². The van der Waals surface area contributed by atoms with Crippen LogP contribution in [0.1, 0.15) is 15.9 Å². The fraction of sp³-hybridized carbons (Fsp3) is 0.0714. The Bertz CT molecular complexity index is 641. The van der Waals surface area contributed by atoms with Crippen LogP contribution in [0.25, 0.3) is 0 Å². The molecule has 2 aromatic carbocycles. The van der Waals surface area contributed by atoms with Gasteiger partial charge in [0.2, 0.25) is 0 Å². The Morgan fingerprint density at radius 1 is 1.15 bits per heavy atom. The van der Waals surface area contributed by atoms with E-state index in [0.29, 0.717) is 5.56 Å². The molecule has 1 amide bonds. The van der Waals surface area contributed by atoms with Gasteiger partial charge in [0.05, 0.1) is 10.5 Å². The number of benzene rings is 2. The highest BCUT2D eigenvalue weighted by Crippen LogP contribution is 2.12. The lowest BCUT2D eigenvalue weighted by molar-refractivity contribution is -0.384. The van der Waals surface area contributed by atoms with Crippen molar-refractivity contribution in [2.24, 2.45) is 0 Å². The van der Waals surface area contributed by atoms with Crippen molar-refractivity contribution in [1.29, 1.82) is 0 Å². The Hall–Kier alpha value is -2.76. The molecule has 0 saturated heterocycles. The molecule has 0 saturated carbocycles.